The van der Waals surface area contributed by atoms with Crippen molar-refractivity contribution in [3.8, 4) is 0 Å². The van der Waals surface area contributed by atoms with E-state index in [1.54, 1.807) is 18.3 Å². The van der Waals surface area contributed by atoms with Gasteiger partial charge in [0.15, 0.2) is 0 Å². The highest BCUT2D eigenvalue weighted by Crippen LogP contribution is 2.21. The fourth-order valence-electron chi connectivity index (χ4n) is 2.22. The molecule has 0 aliphatic carbocycles. The van der Waals surface area contributed by atoms with Crippen molar-refractivity contribution in [2.75, 3.05) is 23.8 Å². The molecule has 1 heterocycles. The lowest BCUT2D eigenvalue weighted by Crippen LogP contribution is -2.20. The Hall–Kier alpha value is -2.07. The molecule has 23 heavy (non-hydrogen) atoms. The summed E-state index contributed by atoms with van der Waals surface area (Å²) < 4.78 is 0. The van der Waals surface area contributed by atoms with E-state index in [1.165, 1.54) is 0 Å². The van der Waals surface area contributed by atoms with Gasteiger partial charge in [-0.15, -0.1) is 0 Å². The third kappa shape index (κ3) is 4.70. The van der Waals surface area contributed by atoms with E-state index >= 15 is 0 Å². The quantitative estimate of drug-likeness (QED) is 0.845. The maximum Gasteiger partial charge on any atom is 0.274 e. The van der Waals surface area contributed by atoms with Gasteiger partial charge in [0.25, 0.3) is 5.91 Å². The van der Waals surface area contributed by atoms with Crippen LogP contribution in [-0.2, 0) is 0 Å². The second kappa shape index (κ2) is 7.97. The number of amides is 1. The minimum atomic E-state index is -0.235. The lowest BCUT2D eigenvalue weighted by Gasteiger charge is -2.19. The number of nitrogens with one attached hydrogen (secondary N) is 1. The molecule has 1 amide bonds. The summed E-state index contributed by atoms with van der Waals surface area (Å²) in [7, 11) is 2.02. The topological polar surface area (TPSA) is 45.2 Å². The second-order valence-corrected chi connectivity index (χ2v) is 6.02. The van der Waals surface area contributed by atoms with Crippen LogP contribution in [0.1, 0.15) is 35.8 Å². The molecule has 2 aromatic rings. The Balaban J connectivity index is 2.15. The van der Waals surface area contributed by atoms with Crippen molar-refractivity contribution in [2.24, 2.45) is 0 Å². The van der Waals surface area contributed by atoms with Gasteiger partial charge in [-0.05, 0) is 43.2 Å². The number of pyridine rings is 1. The molecule has 122 valence electrons. The Bertz CT molecular complexity index is 688. The first-order valence-electron chi connectivity index (χ1n) is 7.76. The summed E-state index contributed by atoms with van der Waals surface area (Å²) in [5.74, 6) is -0.235. The van der Waals surface area contributed by atoms with Gasteiger partial charge < -0.3 is 10.2 Å². The number of carbonyl (C=O) groups is 1. The number of unbranched alkanes of at least 4 members (excludes halogenated alkanes) is 1. The van der Waals surface area contributed by atoms with Crippen molar-refractivity contribution in [3.05, 3.63) is 52.8 Å². The molecule has 1 aromatic carbocycles. The molecule has 1 aromatic heterocycles. The van der Waals surface area contributed by atoms with Crippen LogP contribution in [0.15, 0.2) is 36.5 Å². The van der Waals surface area contributed by atoms with Gasteiger partial charge >= 0.3 is 0 Å². The third-order valence-corrected chi connectivity index (χ3v) is 3.95. The Morgan fingerprint density at radius 1 is 1.30 bits per heavy atom. The molecule has 0 aliphatic heterocycles. The van der Waals surface area contributed by atoms with Crippen molar-refractivity contribution in [1.82, 2.24) is 4.98 Å². The molecule has 4 nitrogen and oxygen atoms in total. The van der Waals surface area contributed by atoms with Gasteiger partial charge in [0.05, 0.1) is 0 Å². The number of benzene rings is 1. The molecule has 0 spiro atoms. The average Bonchev–Trinajstić information content (AvgIpc) is 2.56. The Morgan fingerprint density at radius 2 is 2.09 bits per heavy atom. The molecule has 5 heteroatoms. The number of rotatable bonds is 6. The number of nitrogens with zero attached hydrogens (tertiary/aromatic N) is 2. The third-order valence-electron chi connectivity index (χ3n) is 3.71. The van der Waals surface area contributed by atoms with E-state index in [0.29, 0.717) is 16.4 Å². The van der Waals surface area contributed by atoms with Crippen LogP contribution in [0.25, 0.3) is 0 Å². The zero-order chi connectivity index (χ0) is 16.8. The van der Waals surface area contributed by atoms with E-state index in [0.717, 1.165) is 30.6 Å². The predicted octanol–water partition coefficient (Wildman–Crippen LogP) is 4.53. The molecule has 2 rings (SSSR count). The first-order chi connectivity index (χ1) is 11.0. The van der Waals surface area contributed by atoms with Gasteiger partial charge in [-0.3, -0.25) is 9.78 Å². The van der Waals surface area contributed by atoms with Gasteiger partial charge in [0.2, 0.25) is 0 Å². The second-order valence-electron chi connectivity index (χ2n) is 5.59. The smallest absolute Gasteiger partial charge is 0.274 e. The van der Waals surface area contributed by atoms with Crippen LogP contribution < -0.4 is 10.2 Å². The molecule has 1 N–H and O–H groups in total. The summed E-state index contributed by atoms with van der Waals surface area (Å²) in [6.07, 6.45) is 3.91. The lowest BCUT2D eigenvalue weighted by molar-refractivity contribution is 0.102. The number of halogens is 1. The van der Waals surface area contributed by atoms with Crippen LogP contribution in [0.4, 0.5) is 11.4 Å². The highest BCUT2D eigenvalue weighted by molar-refractivity contribution is 6.31. The van der Waals surface area contributed by atoms with Gasteiger partial charge in [-0.2, -0.15) is 0 Å². The fraction of sp³-hybridized carbons (Fsp3) is 0.333. The number of carbonyl (C=O) groups excluding carboxylic acids is 1. The van der Waals surface area contributed by atoms with Crippen LogP contribution in [-0.4, -0.2) is 24.5 Å². The zero-order valence-corrected chi connectivity index (χ0v) is 14.5. The van der Waals surface area contributed by atoms with E-state index in [-0.39, 0.29) is 5.91 Å². The summed E-state index contributed by atoms with van der Waals surface area (Å²) in [4.78, 5) is 18.7. The summed E-state index contributed by atoms with van der Waals surface area (Å²) in [5.41, 5.74) is 3.04. The van der Waals surface area contributed by atoms with Crippen molar-refractivity contribution in [1.29, 1.82) is 0 Å². The maximum absolute atomic E-state index is 12.4. The van der Waals surface area contributed by atoms with Gasteiger partial charge in [-0.1, -0.05) is 31.0 Å². The predicted molar refractivity (Wildman–Crippen MR) is 96.6 cm³/mol. The minimum absolute atomic E-state index is 0.235. The summed E-state index contributed by atoms with van der Waals surface area (Å²) in [6, 6.07) is 9.14. The van der Waals surface area contributed by atoms with Crippen molar-refractivity contribution >= 4 is 28.9 Å². The normalized spacial score (nSPS) is 10.4. The maximum atomic E-state index is 12.4. The van der Waals surface area contributed by atoms with Gasteiger partial charge in [-0.25, -0.2) is 0 Å². The van der Waals surface area contributed by atoms with E-state index in [1.807, 2.05) is 32.2 Å². The molecule has 0 atom stereocenters. The van der Waals surface area contributed by atoms with Crippen LogP contribution >= 0.6 is 11.6 Å². The van der Waals surface area contributed by atoms with E-state index in [9.17, 15) is 4.79 Å². The average molecular weight is 332 g/mol. The minimum Gasteiger partial charge on any atom is -0.374 e. The van der Waals surface area contributed by atoms with Crippen LogP contribution in [0.3, 0.4) is 0 Å². The molecule has 0 bridgehead atoms. The first-order valence-corrected chi connectivity index (χ1v) is 8.13. The molecule has 0 saturated carbocycles. The van der Waals surface area contributed by atoms with Crippen molar-refractivity contribution < 1.29 is 4.79 Å². The monoisotopic (exact) mass is 331 g/mol. The van der Waals surface area contributed by atoms with E-state index < -0.39 is 0 Å². The largest absolute Gasteiger partial charge is 0.374 e. The number of aryl methyl sites for hydroxylation is 1. The Labute approximate surface area is 142 Å². The van der Waals surface area contributed by atoms with Crippen molar-refractivity contribution in [3.63, 3.8) is 0 Å². The SMILES string of the molecule is CCCCN(C)c1ccnc(C(=O)Nc2cc(Cl)ccc2C)c1. The lowest BCUT2D eigenvalue weighted by atomic mass is 10.2. The highest BCUT2D eigenvalue weighted by atomic mass is 35.5. The summed E-state index contributed by atoms with van der Waals surface area (Å²) in [5, 5.41) is 3.46. The van der Waals surface area contributed by atoms with Crippen LogP contribution in [0.5, 0.6) is 0 Å². The summed E-state index contributed by atoms with van der Waals surface area (Å²) >= 11 is 5.99. The van der Waals surface area contributed by atoms with E-state index in [4.69, 9.17) is 11.6 Å². The number of hydrogen-bond donors (Lipinski definition) is 1. The molecular weight excluding hydrogens is 310 g/mol. The van der Waals surface area contributed by atoms with Gasteiger partial charge in [0.1, 0.15) is 5.69 Å². The van der Waals surface area contributed by atoms with E-state index in [2.05, 4.69) is 22.1 Å². The summed E-state index contributed by atoms with van der Waals surface area (Å²) in [6.45, 7) is 5.04. The number of aromatic nitrogens is 1. The molecular formula is C18H22ClN3O. The van der Waals surface area contributed by atoms with Crippen LogP contribution in [0.2, 0.25) is 5.02 Å². The Morgan fingerprint density at radius 3 is 2.83 bits per heavy atom. The highest BCUT2D eigenvalue weighted by Gasteiger charge is 2.11. The fourth-order valence-corrected chi connectivity index (χ4v) is 2.39. The molecule has 0 aliphatic rings. The molecule has 0 fully saturated rings. The number of hydrogen-bond acceptors (Lipinski definition) is 3. The first kappa shape index (κ1) is 17.3. The standard InChI is InChI=1S/C18H22ClN3O/c1-4-5-10-22(3)15-8-9-20-17(12-15)18(23)21-16-11-14(19)7-6-13(16)2/h6-9,11-12H,4-5,10H2,1-3H3,(H,21,23). The van der Waals surface area contributed by atoms with Crippen molar-refractivity contribution in [2.45, 2.75) is 26.7 Å². The Kier molecular flexibility index (Phi) is 5.99. The molecule has 0 saturated heterocycles. The number of anilines is 2. The zero-order valence-electron chi connectivity index (χ0n) is 13.8. The van der Waals surface area contributed by atoms with Gasteiger partial charge in [0, 0.05) is 36.2 Å². The van der Waals surface area contributed by atoms with Crippen LogP contribution in [0, 0.1) is 6.92 Å². The molecule has 0 radical (unpaired) electrons. The molecule has 0 unspecified atom stereocenters.